The lowest BCUT2D eigenvalue weighted by Gasteiger charge is -2.46. The van der Waals surface area contributed by atoms with Gasteiger partial charge in [0.1, 0.15) is 0 Å². The zero-order chi connectivity index (χ0) is 20.4. The highest BCUT2D eigenvalue weighted by Gasteiger charge is 2.40. The molecule has 3 atom stereocenters. The maximum absolute atomic E-state index is 2.47. The molecule has 0 heterocycles. The van der Waals surface area contributed by atoms with Gasteiger partial charge in [-0.2, -0.15) is 0 Å². The smallest absolute Gasteiger partial charge is 0.0130 e. The normalized spacial score (nSPS) is 23.8. The van der Waals surface area contributed by atoms with E-state index in [0.29, 0.717) is 10.3 Å². The Hall–Kier alpha value is -1.13. The average molecular weight is 395 g/mol. The van der Waals surface area contributed by atoms with Crippen LogP contribution in [0, 0.1) is 5.92 Å². The molecule has 0 aliphatic heterocycles. The lowest BCUT2D eigenvalue weighted by atomic mass is 9.70. The summed E-state index contributed by atoms with van der Waals surface area (Å²) in [5.41, 5.74) is 3.12. The molecule has 0 nitrogen and oxygen atoms in total. The molecule has 0 N–H and O–H groups in total. The van der Waals surface area contributed by atoms with Crippen molar-refractivity contribution in [3.8, 4) is 0 Å². The fourth-order valence-corrected chi connectivity index (χ4v) is 9.40. The van der Waals surface area contributed by atoms with Crippen molar-refractivity contribution in [2.45, 2.75) is 83.0 Å². The third kappa shape index (κ3) is 5.27. The van der Waals surface area contributed by atoms with Crippen molar-refractivity contribution in [2.24, 2.45) is 5.92 Å². The van der Waals surface area contributed by atoms with E-state index in [1.165, 1.54) is 25.4 Å². The second-order valence-corrected chi connectivity index (χ2v) is 14.6. The average Bonchev–Trinajstić information content (AvgIpc) is 2.65. The molecule has 1 heteroatoms. The maximum Gasteiger partial charge on any atom is -0.0130 e. The number of hydrogen-bond donors (Lipinski definition) is 0. The number of hydrogen-bond acceptors (Lipinski definition) is 0. The van der Waals surface area contributed by atoms with Gasteiger partial charge >= 0.3 is 0 Å². The summed E-state index contributed by atoms with van der Waals surface area (Å²) in [6.45, 7) is 14.8. The van der Waals surface area contributed by atoms with Gasteiger partial charge in [0.05, 0.1) is 0 Å². The van der Waals surface area contributed by atoms with Crippen LogP contribution in [0.1, 0.15) is 83.8 Å². The van der Waals surface area contributed by atoms with Crippen LogP contribution in [0.2, 0.25) is 0 Å². The summed E-state index contributed by atoms with van der Waals surface area (Å²) < 4.78 is 0. The highest BCUT2D eigenvalue weighted by atomic mass is 31.1. The molecule has 1 aliphatic carbocycles. The first-order chi connectivity index (χ1) is 13.2. The first-order valence-electron chi connectivity index (χ1n) is 11.0. The van der Waals surface area contributed by atoms with E-state index in [1.807, 2.05) is 0 Å². The number of rotatable bonds is 4. The highest BCUT2D eigenvalue weighted by molar-refractivity contribution is 7.60. The Balaban J connectivity index is 1.90. The Kier molecular flexibility index (Phi) is 6.71. The topological polar surface area (TPSA) is 0 Å². The van der Waals surface area contributed by atoms with E-state index < -0.39 is 0 Å². The third-order valence-corrected chi connectivity index (χ3v) is 10.6. The first-order valence-corrected chi connectivity index (χ1v) is 12.6. The van der Waals surface area contributed by atoms with Gasteiger partial charge in [0.15, 0.2) is 0 Å². The van der Waals surface area contributed by atoms with E-state index >= 15 is 0 Å². The van der Waals surface area contributed by atoms with Gasteiger partial charge in [0, 0.05) is 0 Å². The van der Waals surface area contributed by atoms with Crippen molar-refractivity contribution in [1.82, 2.24) is 0 Å². The molecule has 1 fully saturated rings. The minimum absolute atomic E-state index is 0.0705. The molecule has 3 unspecified atom stereocenters. The Labute approximate surface area is 174 Å². The molecule has 0 amide bonds. The second kappa shape index (κ2) is 8.71. The van der Waals surface area contributed by atoms with Gasteiger partial charge in [0.2, 0.25) is 0 Å². The molecule has 0 radical (unpaired) electrons. The van der Waals surface area contributed by atoms with Crippen LogP contribution in [0.5, 0.6) is 0 Å². The molecule has 2 aromatic carbocycles. The Bertz CT molecular complexity index is 706. The van der Waals surface area contributed by atoms with Crippen molar-refractivity contribution in [1.29, 1.82) is 0 Å². The van der Waals surface area contributed by atoms with E-state index in [0.717, 1.165) is 17.8 Å². The summed E-state index contributed by atoms with van der Waals surface area (Å²) in [6, 6.07) is 22.6. The van der Waals surface area contributed by atoms with Gasteiger partial charge in [0.25, 0.3) is 0 Å². The standard InChI is InChI=1S/C27H39P/c1-26(2,3)28(27(4,5)6)20-24-19-23(21-13-9-7-10-14-21)17-18-25(24)22-15-11-8-12-16-22/h7-16,23-25H,17-20H2,1-6H3. The fourth-order valence-electron chi connectivity index (χ4n) is 5.42. The minimum atomic E-state index is -0.0705. The summed E-state index contributed by atoms with van der Waals surface area (Å²) in [4.78, 5) is 0. The monoisotopic (exact) mass is 394 g/mol. The van der Waals surface area contributed by atoms with Crippen molar-refractivity contribution in [3.63, 3.8) is 0 Å². The molecule has 152 valence electrons. The van der Waals surface area contributed by atoms with Gasteiger partial charge in [-0.3, -0.25) is 0 Å². The molecule has 0 saturated heterocycles. The molecule has 3 rings (SSSR count). The van der Waals surface area contributed by atoms with E-state index in [2.05, 4.69) is 102 Å². The third-order valence-electron chi connectivity index (χ3n) is 6.52. The van der Waals surface area contributed by atoms with E-state index in [1.54, 1.807) is 11.1 Å². The summed E-state index contributed by atoms with van der Waals surface area (Å²) in [5.74, 6) is 2.23. The van der Waals surface area contributed by atoms with Crippen molar-refractivity contribution in [3.05, 3.63) is 71.8 Å². The fraction of sp³-hybridized carbons (Fsp3) is 0.556. The van der Waals surface area contributed by atoms with Crippen LogP contribution in [0.25, 0.3) is 0 Å². The molecule has 28 heavy (non-hydrogen) atoms. The molecule has 1 aliphatic rings. The van der Waals surface area contributed by atoms with E-state index in [-0.39, 0.29) is 7.92 Å². The Morgan fingerprint density at radius 2 is 1.21 bits per heavy atom. The zero-order valence-electron chi connectivity index (χ0n) is 18.8. The minimum Gasteiger partial charge on any atom is -0.0953 e. The quantitative estimate of drug-likeness (QED) is 0.456. The largest absolute Gasteiger partial charge is 0.0953 e. The summed E-state index contributed by atoms with van der Waals surface area (Å²) in [6.07, 6.45) is 5.38. The molecule has 0 bridgehead atoms. The summed E-state index contributed by atoms with van der Waals surface area (Å²) in [5, 5.41) is 0.795. The van der Waals surface area contributed by atoms with Crippen molar-refractivity contribution < 1.29 is 0 Å². The van der Waals surface area contributed by atoms with Gasteiger partial charge in [-0.1, -0.05) is 110 Å². The second-order valence-electron chi connectivity index (χ2n) is 10.7. The van der Waals surface area contributed by atoms with E-state index in [4.69, 9.17) is 0 Å². The number of benzene rings is 2. The van der Waals surface area contributed by atoms with Crippen LogP contribution >= 0.6 is 7.92 Å². The lowest BCUT2D eigenvalue weighted by molar-refractivity contribution is 0.299. The molecular weight excluding hydrogens is 355 g/mol. The molecular formula is C27H39P. The summed E-state index contributed by atoms with van der Waals surface area (Å²) >= 11 is 0. The lowest BCUT2D eigenvalue weighted by Crippen LogP contribution is -2.32. The molecule has 2 aromatic rings. The van der Waals surface area contributed by atoms with E-state index in [9.17, 15) is 0 Å². The SMILES string of the molecule is CC(C)(C)P(CC1CC(c2ccccc2)CCC1c1ccccc1)C(C)(C)C. The van der Waals surface area contributed by atoms with Crippen LogP contribution in [-0.2, 0) is 0 Å². The molecule has 0 spiro atoms. The predicted octanol–water partition coefficient (Wildman–Crippen LogP) is 8.43. The first kappa shape index (κ1) is 21.6. The highest BCUT2D eigenvalue weighted by Crippen LogP contribution is 2.62. The van der Waals surface area contributed by atoms with Gasteiger partial charge in [-0.15, -0.1) is 0 Å². The van der Waals surface area contributed by atoms with Gasteiger partial charge in [-0.25, -0.2) is 0 Å². The zero-order valence-corrected chi connectivity index (χ0v) is 19.7. The van der Waals surface area contributed by atoms with Crippen LogP contribution in [0.4, 0.5) is 0 Å². The van der Waals surface area contributed by atoms with Crippen LogP contribution in [-0.4, -0.2) is 16.5 Å². The van der Waals surface area contributed by atoms with Gasteiger partial charge in [-0.05, 0) is 64.6 Å². The maximum atomic E-state index is 2.47. The van der Waals surface area contributed by atoms with Crippen molar-refractivity contribution >= 4 is 7.92 Å². The summed E-state index contributed by atoms with van der Waals surface area (Å²) in [7, 11) is -0.0705. The van der Waals surface area contributed by atoms with Crippen molar-refractivity contribution in [2.75, 3.05) is 6.16 Å². The molecule has 0 aromatic heterocycles. The molecule has 1 saturated carbocycles. The predicted molar refractivity (Wildman–Crippen MR) is 127 cm³/mol. The van der Waals surface area contributed by atoms with Crippen LogP contribution < -0.4 is 0 Å². The Morgan fingerprint density at radius 3 is 1.71 bits per heavy atom. The van der Waals surface area contributed by atoms with Crippen LogP contribution in [0.15, 0.2) is 60.7 Å². The van der Waals surface area contributed by atoms with Gasteiger partial charge < -0.3 is 0 Å². The van der Waals surface area contributed by atoms with Crippen LogP contribution in [0.3, 0.4) is 0 Å². The Morgan fingerprint density at radius 1 is 0.714 bits per heavy atom.